The molecule has 4 nitrogen and oxygen atoms in total. The summed E-state index contributed by atoms with van der Waals surface area (Å²) >= 11 is 0. The van der Waals surface area contributed by atoms with Gasteiger partial charge in [-0.25, -0.2) is 9.98 Å². The predicted octanol–water partition coefficient (Wildman–Crippen LogP) is 0.102. The van der Waals surface area contributed by atoms with Crippen molar-refractivity contribution in [1.82, 2.24) is 10.6 Å². The monoisotopic (exact) mass is 190 g/mol. The molecule has 0 aromatic rings. The minimum Gasteiger partial charge on any atom is -0.314 e. The second kappa shape index (κ2) is 4.83. The molecule has 0 unspecified atom stereocenters. The third-order valence-corrected chi connectivity index (χ3v) is 2.12. The van der Waals surface area contributed by atoms with Gasteiger partial charge in [0.05, 0.1) is 0 Å². The number of nitrogens with zero attached hydrogens (tertiary/aromatic N) is 2. The molecular formula is C10H14N4. The third-order valence-electron chi connectivity index (χ3n) is 2.12. The van der Waals surface area contributed by atoms with Crippen LogP contribution in [0.5, 0.6) is 0 Å². The van der Waals surface area contributed by atoms with Crippen LogP contribution in [0.3, 0.4) is 0 Å². The zero-order chi connectivity index (χ0) is 9.64. The summed E-state index contributed by atoms with van der Waals surface area (Å²) in [6.45, 7) is 4.56. The van der Waals surface area contributed by atoms with E-state index >= 15 is 0 Å². The second-order valence-corrected chi connectivity index (χ2v) is 3.17. The van der Waals surface area contributed by atoms with Crippen molar-refractivity contribution in [2.45, 2.75) is 0 Å². The van der Waals surface area contributed by atoms with Gasteiger partial charge in [-0.15, -0.1) is 0 Å². The van der Waals surface area contributed by atoms with E-state index in [1.165, 1.54) is 0 Å². The Morgan fingerprint density at radius 2 is 1.79 bits per heavy atom. The fourth-order valence-electron chi connectivity index (χ4n) is 1.37. The Morgan fingerprint density at radius 3 is 2.36 bits per heavy atom. The predicted molar refractivity (Wildman–Crippen MR) is 58.9 cm³/mol. The van der Waals surface area contributed by atoms with Crippen LogP contribution in [0.2, 0.25) is 0 Å². The van der Waals surface area contributed by atoms with E-state index in [1.54, 1.807) is 12.4 Å². The molecule has 0 spiro atoms. The van der Waals surface area contributed by atoms with Crippen LogP contribution in [0.1, 0.15) is 0 Å². The molecule has 3 rings (SSSR count). The Hall–Kier alpha value is -1.26. The smallest absolute Gasteiger partial charge is 0.159 e. The van der Waals surface area contributed by atoms with Crippen molar-refractivity contribution in [3.8, 4) is 0 Å². The highest BCUT2D eigenvalue weighted by Gasteiger charge is 2.08. The van der Waals surface area contributed by atoms with Gasteiger partial charge < -0.3 is 10.6 Å². The van der Waals surface area contributed by atoms with Gasteiger partial charge in [-0.2, -0.15) is 0 Å². The van der Waals surface area contributed by atoms with E-state index in [1.807, 2.05) is 12.2 Å². The molecule has 0 aromatic heterocycles. The Kier molecular flexibility index (Phi) is 3.21. The topological polar surface area (TPSA) is 48.8 Å². The summed E-state index contributed by atoms with van der Waals surface area (Å²) in [4.78, 5) is 7.94. The first-order valence-electron chi connectivity index (χ1n) is 4.87. The normalized spacial score (nSPS) is 22.3. The highest BCUT2D eigenvalue weighted by atomic mass is 15.0. The van der Waals surface area contributed by atoms with Gasteiger partial charge in [0.15, 0.2) is 5.84 Å². The first kappa shape index (κ1) is 9.30. The van der Waals surface area contributed by atoms with Gasteiger partial charge in [-0.1, -0.05) is 0 Å². The average Bonchev–Trinajstić information content (AvgIpc) is 2.82. The van der Waals surface area contributed by atoms with Crippen LogP contribution in [0.4, 0.5) is 0 Å². The molecule has 0 bridgehead atoms. The highest BCUT2D eigenvalue weighted by molar-refractivity contribution is 6.14. The van der Waals surface area contributed by atoms with Crippen LogP contribution >= 0.6 is 0 Å². The van der Waals surface area contributed by atoms with Gasteiger partial charge in [0.1, 0.15) is 0 Å². The zero-order valence-electron chi connectivity index (χ0n) is 8.03. The molecule has 0 aliphatic carbocycles. The second-order valence-electron chi connectivity index (χ2n) is 3.17. The average molecular weight is 190 g/mol. The third kappa shape index (κ3) is 2.37. The van der Waals surface area contributed by atoms with E-state index in [0.717, 1.165) is 37.6 Å². The lowest BCUT2D eigenvalue weighted by atomic mass is 10.3. The molecule has 0 radical (unpaired) electrons. The number of fused-ring (bicyclic) bond motifs is 1. The number of allylic oxidation sites excluding steroid dienone is 1. The van der Waals surface area contributed by atoms with Gasteiger partial charge in [-0.3, -0.25) is 0 Å². The van der Waals surface area contributed by atoms with Crippen LogP contribution in [-0.4, -0.2) is 38.2 Å². The Labute approximate surface area is 83.5 Å². The number of hydrogen-bond acceptors (Lipinski definition) is 4. The van der Waals surface area contributed by atoms with Crippen molar-refractivity contribution < 1.29 is 0 Å². The molecule has 3 aliphatic rings. The molecule has 2 N–H and O–H groups in total. The number of amidine groups is 1. The van der Waals surface area contributed by atoms with Gasteiger partial charge in [0, 0.05) is 44.2 Å². The number of nitrogens with one attached hydrogen (secondary N) is 2. The number of hydrogen-bond donors (Lipinski definition) is 2. The standard InChI is InChI=1S/C6H4N2.C4H10N2/c1-3-7-6-5(1)2-4-8-6;1-2-6-4-3-5-1/h1-4H;5-6H,1-4H2. The summed E-state index contributed by atoms with van der Waals surface area (Å²) in [5.74, 6) is 0.852. The van der Waals surface area contributed by atoms with Gasteiger partial charge in [0.25, 0.3) is 0 Å². The van der Waals surface area contributed by atoms with E-state index in [4.69, 9.17) is 0 Å². The minimum atomic E-state index is 0.852. The number of piperazine rings is 1. The summed E-state index contributed by atoms with van der Waals surface area (Å²) in [5.41, 5.74) is 1.13. The Morgan fingerprint density at radius 1 is 1.07 bits per heavy atom. The largest absolute Gasteiger partial charge is 0.314 e. The molecule has 3 aliphatic heterocycles. The van der Waals surface area contributed by atoms with E-state index in [9.17, 15) is 0 Å². The molecular weight excluding hydrogens is 176 g/mol. The van der Waals surface area contributed by atoms with Crippen molar-refractivity contribution in [2.75, 3.05) is 26.2 Å². The summed E-state index contributed by atoms with van der Waals surface area (Å²) < 4.78 is 0. The van der Waals surface area contributed by atoms with Crippen molar-refractivity contribution in [3.05, 3.63) is 23.9 Å². The highest BCUT2D eigenvalue weighted by Crippen LogP contribution is 2.12. The first-order chi connectivity index (χ1) is 6.97. The molecule has 1 saturated heterocycles. The molecule has 74 valence electrons. The molecule has 3 heterocycles. The molecule has 0 aromatic carbocycles. The van der Waals surface area contributed by atoms with Crippen molar-refractivity contribution in [2.24, 2.45) is 9.98 Å². The SMILES string of the molecule is C1=CC2=CC=NC2=N1.C1CNCCN1. The lowest BCUT2D eigenvalue weighted by Gasteiger charge is -2.11. The van der Waals surface area contributed by atoms with Gasteiger partial charge in [-0.05, 0) is 12.2 Å². The molecule has 1 fully saturated rings. The zero-order valence-corrected chi connectivity index (χ0v) is 8.03. The van der Waals surface area contributed by atoms with Crippen molar-refractivity contribution in [1.29, 1.82) is 0 Å². The lowest BCUT2D eigenvalue weighted by Crippen LogP contribution is -2.39. The van der Waals surface area contributed by atoms with Gasteiger partial charge in [0.2, 0.25) is 0 Å². The van der Waals surface area contributed by atoms with Crippen LogP contribution in [0.25, 0.3) is 0 Å². The minimum absolute atomic E-state index is 0.852. The molecule has 0 saturated carbocycles. The summed E-state index contributed by atoms with van der Waals surface area (Å²) in [5, 5.41) is 6.44. The van der Waals surface area contributed by atoms with Crippen molar-refractivity contribution >= 4 is 12.1 Å². The van der Waals surface area contributed by atoms with Crippen LogP contribution < -0.4 is 10.6 Å². The van der Waals surface area contributed by atoms with E-state index in [-0.39, 0.29) is 0 Å². The first-order valence-corrected chi connectivity index (χ1v) is 4.87. The van der Waals surface area contributed by atoms with Crippen molar-refractivity contribution in [3.63, 3.8) is 0 Å². The summed E-state index contributed by atoms with van der Waals surface area (Å²) in [7, 11) is 0. The fourth-order valence-corrected chi connectivity index (χ4v) is 1.37. The Balaban J connectivity index is 0.000000112. The summed E-state index contributed by atoms with van der Waals surface area (Å²) in [6, 6.07) is 0. The summed E-state index contributed by atoms with van der Waals surface area (Å²) in [6.07, 6.45) is 7.42. The molecule has 14 heavy (non-hydrogen) atoms. The lowest BCUT2D eigenvalue weighted by molar-refractivity contribution is 0.534. The van der Waals surface area contributed by atoms with Gasteiger partial charge >= 0.3 is 0 Å². The van der Waals surface area contributed by atoms with E-state index in [0.29, 0.717) is 0 Å². The quantitative estimate of drug-likeness (QED) is 0.569. The maximum atomic E-state index is 3.97. The molecule has 0 amide bonds. The van der Waals surface area contributed by atoms with E-state index < -0.39 is 0 Å². The molecule has 0 atom stereocenters. The van der Waals surface area contributed by atoms with E-state index in [2.05, 4.69) is 20.6 Å². The fraction of sp³-hybridized carbons (Fsp3) is 0.400. The maximum Gasteiger partial charge on any atom is 0.159 e. The van der Waals surface area contributed by atoms with Crippen LogP contribution in [0.15, 0.2) is 33.9 Å². The van der Waals surface area contributed by atoms with Crippen LogP contribution in [-0.2, 0) is 0 Å². The Bertz CT molecular complexity index is 271. The van der Waals surface area contributed by atoms with Crippen LogP contribution in [0, 0.1) is 0 Å². The number of aliphatic imine (C=N–C) groups is 2. The maximum absolute atomic E-state index is 3.97. The number of rotatable bonds is 0. The molecule has 4 heteroatoms.